The Labute approximate surface area is 157 Å². The molecule has 0 radical (unpaired) electrons. The van der Waals surface area contributed by atoms with Gasteiger partial charge in [-0.15, -0.1) is 0 Å². The number of carbonyl (C=O) groups excluding carboxylic acids is 1. The predicted molar refractivity (Wildman–Crippen MR) is 80.5 cm³/mol. The third kappa shape index (κ3) is 3.62. The van der Waals surface area contributed by atoms with Crippen molar-refractivity contribution in [1.29, 1.82) is 0 Å². The first-order chi connectivity index (χ1) is 12.7. The first-order valence-corrected chi connectivity index (χ1v) is 11.1. The summed E-state index contributed by atoms with van der Waals surface area (Å²) in [6, 6.07) is 0. The summed E-state index contributed by atoms with van der Waals surface area (Å²) in [7, 11) is -11.2. The van der Waals surface area contributed by atoms with Crippen LogP contribution < -0.4 is 0 Å². The lowest BCUT2D eigenvalue weighted by Gasteiger charge is -2.25. The third-order valence-electron chi connectivity index (χ3n) is 5.19. The van der Waals surface area contributed by atoms with Crippen LogP contribution in [0.3, 0.4) is 0 Å². The van der Waals surface area contributed by atoms with Crippen molar-refractivity contribution < 1.29 is 57.4 Å². The van der Waals surface area contributed by atoms with Crippen LogP contribution in [0, 0.1) is 17.8 Å². The topological polar surface area (TPSA) is 133 Å². The van der Waals surface area contributed by atoms with Crippen LogP contribution in [0.15, 0.2) is 0 Å². The summed E-state index contributed by atoms with van der Waals surface area (Å²) in [5, 5.41) is -5.86. The molecule has 3 saturated heterocycles. The molecule has 0 amide bonds. The number of ether oxygens (including phenoxy) is 2. The molecular weight excluding hydrogens is 440 g/mol. The minimum atomic E-state index is -6.45. The summed E-state index contributed by atoms with van der Waals surface area (Å²) in [5.74, 6) is -8.66. The van der Waals surface area contributed by atoms with E-state index in [4.69, 9.17) is 14.0 Å². The number of rotatable bonds is 8. The van der Waals surface area contributed by atoms with E-state index in [1.165, 1.54) is 0 Å². The lowest BCUT2D eigenvalue weighted by molar-refractivity contribution is -0.160. The number of hydrogen-bond donors (Lipinski definition) is 1. The van der Waals surface area contributed by atoms with Gasteiger partial charge in [-0.05, 0) is 6.42 Å². The van der Waals surface area contributed by atoms with Crippen molar-refractivity contribution in [3.63, 3.8) is 0 Å². The van der Waals surface area contributed by atoms with Gasteiger partial charge in [0, 0.05) is 18.3 Å². The molecule has 9 nitrogen and oxygen atoms in total. The van der Waals surface area contributed by atoms with E-state index in [-0.39, 0.29) is 18.6 Å². The van der Waals surface area contributed by atoms with Gasteiger partial charge in [0.15, 0.2) is 0 Å². The van der Waals surface area contributed by atoms with Gasteiger partial charge >= 0.3 is 27.3 Å². The Morgan fingerprint density at radius 1 is 1.18 bits per heavy atom. The molecule has 0 aromatic rings. The van der Waals surface area contributed by atoms with Crippen LogP contribution in [-0.4, -0.2) is 69.7 Å². The predicted octanol–water partition coefficient (Wildman–Crippen LogP) is 0.415. The molecular formula is C13H16F4O9S2. The summed E-state index contributed by atoms with van der Waals surface area (Å²) in [4.78, 5) is 11.7. The maximum atomic E-state index is 13.4. The number of carbonyl (C=O) groups is 1. The molecule has 28 heavy (non-hydrogen) atoms. The number of fused-ring (bicyclic) bond motifs is 5. The molecule has 3 fully saturated rings. The van der Waals surface area contributed by atoms with Crippen molar-refractivity contribution in [1.82, 2.24) is 0 Å². The molecule has 3 aliphatic rings. The molecule has 15 heteroatoms. The quantitative estimate of drug-likeness (QED) is 0.239. The van der Waals surface area contributed by atoms with Crippen LogP contribution in [0.1, 0.15) is 12.8 Å². The first-order valence-electron chi connectivity index (χ1n) is 8.08. The Hall–Kier alpha value is -1.03. The van der Waals surface area contributed by atoms with E-state index in [2.05, 4.69) is 4.18 Å². The molecule has 5 unspecified atom stereocenters. The molecule has 162 valence electrons. The van der Waals surface area contributed by atoms with E-state index >= 15 is 0 Å². The van der Waals surface area contributed by atoms with Crippen molar-refractivity contribution >= 4 is 26.2 Å². The summed E-state index contributed by atoms with van der Waals surface area (Å²) < 4.78 is 121. The van der Waals surface area contributed by atoms with Gasteiger partial charge in [-0.2, -0.15) is 34.4 Å². The summed E-state index contributed by atoms with van der Waals surface area (Å²) >= 11 is 0. The van der Waals surface area contributed by atoms with Gasteiger partial charge in [-0.25, -0.2) is 0 Å². The van der Waals surface area contributed by atoms with Gasteiger partial charge in [0.2, 0.25) is 0 Å². The van der Waals surface area contributed by atoms with Crippen LogP contribution in [0.25, 0.3) is 0 Å². The minimum Gasteiger partial charge on any atom is -0.465 e. The molecule has 0 aromatic heterocycles. The third-order valence-corrected chi connectivity index (χ3v) is 7.34. The number of cyclic esters (lactones) is 1. The van der Waals surface area contributed by atoms with Gasteiger partial charge in [-0.3, -0.25) is 13.5 Å². The Morgan fingerprint density at radius 2 is 1.82 bits per heavy atom. The van der Waals surface area contributed by atoms with E-state index in [1.54, 1.807) is 0 Å². The van der Waals surface area contributed by atoms with Crippen molar-refractivity contribution in [2.75, 3.05) is 19.0 Å². The fraction of sp³-hybridized carbons (Fsp3) is 0.923. The maximum Gasteiger partial charge on any atom is 0.431 e. The first kappa shape index (κ1) is 21.7. The summed E-state index contributed by atoms with van der Waals surface area (Å²) in [5.41, 5.74) is 0. The Morgan fingerprint density at radius 3 is 2.43 bits per heavy atom. The molecule has 2 bridgehead atoms. The lowest BCUT2D eigenvalue weighted by Crippen LogP contribution is -2.47. The van der Waals surface area contributed by atoms with Crippen molar-refractivity contribution in [3.8, 4) is 0 Å². The van der Waals surface area contributed by atoms with Crippen molar-refractivity contribution in [2.24, 2.45) is 17.8 Å². The second kappa shape index (κ2) is 6.75. The zero-order valence-electron chi connectivity index (χ0n) is 14.0. The molecule has 1 N–H and O–H groups in total. The van der Waals surface area contributed by atoms with Crippen LogP contribution in [-0.2, 0) is 38.7 Å². The Kier molecular flexibility index (Phi) is 5.23. The van der Waals surface area contributed by atoms with Crippen LogP contribution in [0.2, 0.25) is 0 Å². The summed E-state index contributed by atoms with van der Waals surface area (Å²) in [6.07, 6.45) is -2.71. The normalized spacial score (nSPS) is 33.2. The average Bonchev–Trinajstić information content (AvgIpc) is 3.23. The molecule has 0 saturated carbocycles. The van der Waals surface area contributed by atoms with Gasteiger partial charge < -0.3 is 9.47 Å². The molecule has 0 aliphatic carbocycles. The fourth-order valence-electron chi connectivity index (χ4n) is 3.72. The highest BCUT2D eigenvalue weighted by molar-refractivity contribution is 7.87. The highest BCUT2D eigenvalue weighted by Gasteiger charge is 2.65. The SMILES string of the molecule is O=C1OCC2C3CC(COS(=O)(=O)CCC(F)(F)C(F)(F)S(=O)(=O)O)C(O3)C12. The molecule has 3 rings (SSSR count). The van der Waals surface area contributed by atoms with Gasteiger partial charge in [-0.1, -0.05) is 0 Å². The van der Waals surface area contributed by atoms with Gasteiger partial charge in [0.25, 0.3) is 10.1 Å². The molecule has 0 spiro atoms. The van der Waals surface area contributed by atoms with Crippen LogP contribution in [0.5, 0.6) is 0 Å². The Balaban J connectivity index is 1.56. The standard InChI is InChI=1S/C13H16F4O9S2/c14-12(15,13(16,17)28(21,22)23)1-2-27(19,20)25-4-6-3-8-7-5-24-11(18)9(7)10(6)26-8/h6-10H,1-5H2,(H,21,22,23). The van der Waals surface area contributed by atoms with Crippen LogP contribution in [0.4, 0.5) is 17.6 Å². The highest BCUT2D eigenvalue weighted by atomic mass is 32.2. The van der Waals surface area contributed by atoms with E-state index in [1.807, 2.05) is 0 Å². The fourth-order valence-corrected chi connectivity index (χ4v) is 5.21. The van der Waals surface area contributed by atoms with E-state index in [0.717, 1.165) is 0 Å². The highest BCUT2D eigenvalue weighted by Crippen LogP contribution is 2.50. The van der Waals surface area contributed by atoms with Crippen molar-refractivity contribution in [2.45, 2.75) is 36.2 Å². The van der Waals surface area contributed by atoms with E-state index in [9.17, 15) is 39.2 Å². The second-order valence-electron chi connectivity index (χ2n) is 6.95. The molecule has 5 atom stereocenters. The van der Waals surface area contributed by atoms with E-state index in [0.29, 0.717) is 6.42 Å². The average molecular weight is 456 g/mol. The summed E-state index contributed by atoms with van der Waals surface area (Å²) in [6.45, 7) is -0.312. The minimum absolute atomic E-state index is 0.133. The number of esters is 1. The lowest BCUT2D eigenvalue weighted by atomic mass is 9.76. The largest absolute Gasteiger partial charge is 0.465 e. The zero-order chi connectivity index (χ0) is 21.1. The number of halogens is 4. The molecule has 3 aliphatic heterocycles. The van der Waals surface area contributed by atoms with E-state index < -0.39 is 74.1 Å². The smallest absolute Gasteiger partial charge is 0.431 e. The maximum absolute atomic E-state index is 13.4. The Bertz CT molecular complexity index is 857. The molecule has 3 heterocycles. The van der Waals surface area contributed by atoms with Gasteiger partial charge in [0.1, 0.15) is 0 Å². The van der Waals surface area contributed by atoms with Crippen LogP contribution >= 0.6 is 0 Å². The monoisotopic (exact) mass is 456 g/mol. The second-order valence-corrected chi connectivity index (χ2v) is 10.2. The number of alkyl halides is 4. The number of hydrogen-bond acceptors (Lipinski definition) is 8. The molecule has 0 aromatic carbocycles. The zero-order valence-corrected chi connectivity index (χ0v) is 15.6. The van der Waals surface area contributed by atoms with Gasteiger partial charge in [0.05, 0.1) is 37.1 Å². The van der Waals surface area contributed by atoms with Crippen molar-refractivity contribution in [3.05, 3.63) is 0 Å².